The lowest BCUT2D eigenvalue weighted by Crippen LogP contribution is -2.13. The first-order valence-electron chi connectivity index (χ1n) is 7.33. The topological polar surface area (TPSA) is 79.8 Å². The van der Waals surface area contributed by atoms with Gasteiger partial charge in [0.2, 0.25) is 5.95 Å². The minimum atomic E-state index is -0.371. The van der Waals surface area contributed by atoms with Crippen molar-refractivity contribution >= 4 is 40.7 Å². The molecule has 126 valence electrons. The summed E-state index contributed by atoms with van der Waals surface area (Å²) < 4.78 is 0. The third kappa shape index (κ3) is 4.43. The van der Waals surface area contributed by atoms with Gasteiger partial charge in [-0.05, 0) is 29.8 Å². The fraction of sp³-hybridized carbons (Fsp3) is 0.0588. The van der Waals surface area contributed by atoms with Gasteiger partial charge in [0, 0.05) is 31.3 Å². The van der Waals surface area contributed by atoms with Crippen LogP contribution in [0.3, 0.4) is 0 Å². The molecule has 2 aromatic heterocycles. The Morgan fingerprint density at radius 1 is 1.04 bits per heavy atom. The quantitative estimate of drug-likeness (QED) is 0.705. The fourth-order valence-electron chi connectivity index (χ4n) is 2.01. The number of nitrogens with one attached hydrogen (secondary N) is 2. The Morgan fingerprint density at radius 3 is 2.48 bits per heavy atom. The van der Waals surface area contributed by atoms with E-state index in [2.05, 4.69) is 25.6 Å². The highest BCUT2D eigenvalue weighted by atomic mass is 35.5. The maximum absolute atomic E-state index is 12.2. The Balaban J connectivity index is 1.63. The highest BCUT2D eigenvalue weighted by Crippen LogP contribution is 2.29. The summed E-state index contributed by atoms with van der Waals surface area (Å²) >= 11 is 12.0. The highest BCUT2D eigenvalue weighted by Gasteiger charge is 2.11. The zero-order valence-corrected chi connectivity index (χ0v) is 14.4. The van der Waals surface area contributed by atoms with Crippen molar-refractivity contribution in [2.24, 2.45) is 0 Å². The number of carbonyl (C=O) groups is 1. The van der Waals surface area contributed by atoms with Crippen LogP contribution in [-0.4, -0.2) is 20.9 Å². The van der Waals surface area contributed by atoms with Crippen LogP contribution in [0.5, 0.6) is 0 Å². The summed E-state index contributed by atoms with van der Waals surface area (Å²) in [6, 6.07) is 8.79. The van der Waals surface area contributed by atoms with Crippen LogP contribution in [0.2, 0.25) is 10.0 Å². The second-order valence-corrected chi connectivity index (χ2v) is 5.85. The predicted molar refractivity (Wildman–Crippen MR) is 98.0 cm³/mol. The third-order valence-corrected chi connectivity index (χ3v) is 4.13. The number of benzene rings is 1. The van der Waals surface area contributed by atoms with E-state index in [4.69, 9.17) is 23.2 Å². The van der Waals surface area contributed by atoms with E-state index in [-0.39, 0.29) is 10.9 Å². The van der Waals surface area contributed by atoms with Crippen LogP contribution in [0.4, 0.5) is 11.6 Å². The second kappa shape index (κ2) is 7.92. The fourth-order valence-corrected chi connectivity index (χ4v) is 2.36. The Morgan fingerprint density at radius 2 is 1.76 bits per heavy atom. The average molecular weight is 374 g/mol. The third-order valence-electron chi connectivity index (χ3n) is 3.31. The van der Waals surface area contributed by atoms with Crippen molar-refractivity contribution in [2.75, 3.05) is 10.6 Å². The molecule has 0 fully saturated rings. The monoisotopic (exact) mass is 373 g/mol. The number of carbonyl (C=O) groups excluding carboxylic acids is 1. The van der Waals surface area contributed by atoms with Crippen LogP contribution in [-0.2, 0) is 6.54 Å². The SMILES string of the molecule is O=C(Nc1cccc(Cl)c1Cl)c1cnc(NCc2ccncc2)nc1. The van der Waals surface area contributed by atoms with Crippen molar-refractivity contribution in [3.05, 3.63) is 76.3 Å². The van der Waals surface area contributed by atoms with Crippen molar-refractivity contribution in [3.63, 3.8) is 0 Å². The van der Waals surface area contributed by atoms with Gasteiger partial charge >= 0.3 is 0 Å². The molecule has 2 heterocycles. The first kappa shape index (κ1) is 17.1. The molecule has 1 amide bonds. The van der Waals surface area contributed by atoms with Crippen molar-refractivity contribution in [2.45, 2.75) is 6.54 Å². The number of hydrogen-bond acceptors (Lipinski definition) is 5. The summed E-state index contributed by atoms with van der Waals surface area (Å²) in [4.78, 5) is 24.5. The molecule has 3 aromatic rings. The molecule has 8 heteroatoms. The summed E-state index contributed by atoms with van der Waals surface area (Å²) in [5, 5.41) is 6.41. The highest BCUT2D eigenvalue weighted by molar-refractivity contribution is 6.44. The molecule has 25 heavy (non-hydrogen) atoms. The van der Waals surface area contributed by atoms with Crippen molar-refractivity contribution in [3.8, 4) is 0 Å². The van der Waals surface area contributed by atoms with E-state index < -0.39 is 0 Å². The largest absolute Gasteiger partial charge is 0.350 e. The molecule has 0 radical (unpaired) electrons. The first-order valence-corrected chi connectivity index (χ1v) is 8.09. The van der Waals surface area contributed by atoms with Crippen LogP contribution in [0.25, 0.3) is 0 Å². The Bertz CT molecular complexity index is 872. The molecular weight excluding hydrogens is 361 g/mol. The van der Waals surface area contributed by atoms with Crippen LogP contribution in [0.15, 0.2) is 55.1 Å². The lowest BCUT2D eigenvalue weighted by Gasteiger charge is -2.08. The van der Waals surface area contributed by atoms with Gasteiger partial charge in [-0.3, -0.25) is 9.78 Å². The molecule has 0 aliphatic rings. The minimum Gasteiger partial charge on any atom is -0.350 e. The molecule has 0 spiro atoms. The van der Waals surface area contributed by atoms with Gasteiger partial charge in [0.15, 0.2) is 0 Å². The number of aromatic nitrogens is 3. The maximum atomic E-state index is 12.2. The van der Waals surface area contributed by atoms with Crippen LogP contribution >= 0.6 is 23.2 Å². The molecular formula is C17H13Cl2N5O. The van der Waals surface area contributed by atoms with Crippen molar-refractivity contribution in [1.82, 2.24) is 15.0 Å². The molecule has 0 aliphatic carbocycles. The predicted octanol–water partition coefficient (Wildman–Crippen LogP) is 4.04. The number of halogens is 2. The van der Waals surface area contributed by atoms with Gasteiger partial charge < -0.3 is 10.6 Å². The summed E-state index contributed by atoms with van der Waals surface area (Å²) in [5.41, 5.74) is 1.79. The number of nitrogens with zero attached hydrogens (tertiary/aromatic N) is 3. The van der Waals surface area contributed by atoms with Gasteiger partial charge in [0.05, 0.1) is 21.3 Å². The zero-order chi connectivity index (χ0) is 17.6. The lowest BCUT2D eigenvalue weighted by atomic mass is 10.2. The van der Waals surface area contributed by atoms with Gasteiger partial charge in [-0.2, -0.15) is 0 Å². The smallest absolute Gasteiger partial charge is 0.258 e. The van der Waals surface area contributed by atoms with Crippen molar-refractivity contribution in [1.29, 1.82) is 0 Å². The number of amides is 1. The van der Waals surface area contributed by atoms with Crippen molar-refractivity contribution < 1.29 is 4.79 Å². The van der Waals surface area contributed by atoms with E-state index in [1.165, 1.54) is 12.4 Å². The van der Waals surface area contributed by atoms with E-state index in [9.17, 15) is 4.79 Å². The minimum absolute atomic E-state index is 0.286. The molecule has 0 saturated carbocycles. The Hall–Kier alpha value is -2.70. The second-order valence-electron chi connectivity index (χ2n) is 5.06. The van der Waals surface area contributed by atoms with Crippen LogP contribution in [0, 0.1) is 0 Å². The molecule has 0 saturated heterocycles. The normalized spacial score (nSPS) is 10.3. The zero-order valence-electron chi connectivity index (χ0n) is 12.9. The van der Waals surface area contributed by atoms with E-state index in [0.29, 0.717) is 28.8 Å². The summed E-state index contributed by atoms with van der Waals surface area (Å²) in [7, 11) is 0. The van der Waals surface area contributed by atoms with E-state index in [1.54, 1.807) is 30.6 Å². The van der Waals surface area contributed by atoms with E-state index >= 15 is 0 Å². The Kier molecular flexibility index (Phi) is 5.42. The Labute approximate surface area is 154 Å². The summed E-state index contributed by atoms with van der Waals surface area (Å²) in [6.07, 6.45) is 6.31. The van der Waals surface area contributed by atoms with E-state index in [0.717, 1.165) is 5.56 Å². The lowest BCUT2D eigenvalue weighted by molar-refractivity contribution is 0.102. The number of pyridine rings is 1. The molecule has 2 N–H and O–H groups in total. The van der Waals surface area contributed by atoms with Crippen LogP contribution in [0.1, 0.15) is 15.9 Å². The molecule has 0 unspecified atom stereocenters. The summed E-state index contributed by atoms with van der Waals surface area (Å²) in [5.74, 6) is 0.0546. The standard InChI is InChI=1S/C17H13Cl2N5O/c18-13-2-1-3-14(15(13)19)24-16(25)12-9-22-17(23-10-12)21-8-11-4-6-20-7-5-11/h1-7,9-10H,8H2,(H,24,25)(H,21,22,23). The maximum Gasteiger partial charge on any atom is 0.258 e. The molecule has 0 atom stereocenters. The number of anilines is 2. The average Bonchev–Trinajstić information content (AvgIpc) is 2.65. The van der Waals surface area contributed by atoms with Gasteiger partial charge in [-0.1, -0.05) is 29.3 Å². The summed E-state index contributed by atoms with van der Waals surface area (Å²) in [6.45, 7) is 0.562. The molecule has 1 aromatic carbocycles. The van der Waals surface area contributed by atoms with Gasteiger partial charge in [0.1, 0.15) is 0 Å². The van der Waals surface area contributed by atoms with Gasteiger partial charge in [-0.15, -0.1) is 0 Å². The van der Waals surface area contributed by atoms with E-state index in [1.807, 2.05) is 12.1 Å². The molecule has 0 aliphatic heterocycles. The molecule has 0 bridgehead atoms. The van der Waals surface area contributed by atoms with Gasteiger partial charge in [0.25, 0.3) is 5.91 Å². The van der Waals surface area contributed by atoms with Crippen LogP contribution < -0.4 is 10.6 Å². The number of hydrogen-bond donors (Lipinski definition) is 2. The number of rotatable bonds is 5. The first-order chi connectivity index (χ1) is 12.1. The van der Waals surface area contributed by atoms with Gasteiger partial charge in [-0.25, -0.2) is 9.97 Å². The molecule has 3 rings (SSSR count). The molecule has 6 nitrogen and oxygen atoms in total.